The minimum absolute atomic E-state index is 0.152. The summed E-state index contributed by atoms with van der Waals surface area (Å²) >= 11 is 0. The fourth-order valence-electron chi connectivity index (χ4n) is 3.79. The summed E-state index contributed by atoms with van der Waals surface area (Å²) in [5, 5.41) is 2.76. The molecule has 1 saturated heterocycles. The van der Waals surface area contributed by atoms with Crippen LogP contribution >= 0.6 is 0 Å². The van der Waals surface area contributed by atoms with Crippen molar-refractivity contribution in [3.05, 3.63) is 101 Å². The molecule has 0 aromatic heterocycles. The second kappa shape index (κ2) is 9.71. The van der Waals surface area contributed by atoms with Crippen molar-refractivity contribution in [2.24, 2.45) is 0 Å². The molecule has 0 radical (unpaired) electrons. The van der Waals surface area contributed by atoms with Crippen LogP contribution in [0.1, 0.15) is 21.5 Å². The number of carbonyl (C=O) groups is 1. The molecule has 0 aliphatic carbocycles. The van der Waals surface area contributed by atoms with E-state index in [1.165, 1.54) is 12.1 Å². The summed E-state index contributed by atoms with van der Waals surface area (Å²) < 4.78 is 27.7. The third kappa shape index (κ3) is 5.27. The van der Waals surface area contributed by atoms with Crippen LogP contribution in [0, 0.1) is 11.6 Å². The van der Waals surface area contributed by atoms with Gasteiger partial charge < -0.3 is 10.2 Å². The Morgan fingerprint density at radius 1 is 0.806 bits per heavy atom. The maximum atomic E-state index is 14.0. The number of para-hydroxylation sites is 1. The van der Waals surface area contributed by atoms with Crippen LogP contribution in [-0.2, 0) is 13.1 Å². The van der Waals surface area contributed by atoms with E-state index in [2.05, 4.69) is 15.1 Å². The molecule has 6 heteroatoms. The van der Waals surface area contributed by atoms with Crippen molar-refractivity contribution in [3.8, 4) is 0 Å². The van der Waals surface area contributed by atoms with Crippen molar-refractivity contribution in [2.45, 2.75) is 13.1 Å². The van der Waals surface area contributed by atoms with Gasteiger partial charge in [0.05, 0.1) is 5.69 Å². The molecule has 0 bridgehead atoms. The summed E-state index contributed by atoms with van der Waals surface area (Å²) in [5.41, 5.74) is 2.78. The van der Waals surface area contributed by atoms with Gasteiger partial charge in [0, 0.05) is 50.4 Å². The lowest BCUT2D eigenvalue weighted by Crippen LogP contribution is -2.46. The summed E-state index contributed by atoms with van der Waals surface area (Å²) in [5.74, 6) is -0.735. The van der Waals surface area contributed by atoms with Crippen molar-refractivity contribution in [1.82, 2.24) is 10.2 Å². The van der Waals surface area contributed by atoms with E-state index in [-0.39, 0.29) is 24.1 Å². The Balaban J connectivity index is 1.27. The lowest BCUT2D eigenvalue weighted by atomic mass is 10.1. The average molecular weight is 421 g/mol. The van der Waals surface area contributed by atoms with Gasteiger partial charge in [-0.05, 0) is 35.9 Å². The van der Waals surface area contributed by atoms with Crippen LogP contribution in [0.15, 0.2) is 72.8 Å². The Kier molecular flexibility index (Phi) is 6.57. The number of rotatable bonds is 6. The van der Waals surface area contributed by atoms with Gasteiger partial charge in [0.1, 0.15) is 11.6 Å². The quantitative estimate of drug-likeness (QED) is 0.648. The van der Waals surface area contributed by atoms with Gasteiger partial charge in [0.2, 0.25) is 0 Å². The number of halogens is 2. The number of anilines is 1. The molecule has 0 unspecified atom stereocenters. The van der Waals surface area contributed by atoms with Crippen molar-refractivity contribution < 1.29 is 13.6 Å². The third-order valence-electron chi connectivity index (χ3n) is 5.58. The van der Waals surface area contributed by atoms with E-state index < -0.39 is 0 Å². The predicted octanol–water partition coefficient (Wildman–Crippen LogP) is 4.22. The lowest BCUT2D eigenvalue weighted by Gasteiger charge is -2.36. The summed E-state index contributed by atoms with van der Waals surface area (Å²) in [7, 11) is 0. The van der Waals surface area contributed by atoms with Gasteiger partial charge in [-0.2, -0.15) is 0 Å². The second-order valence-corrected chi connectivity index (χ2v) is 7.69. The van der Waals surface area contributed by atoms with Crippen LogP contribution < -0.4 is 10.2 Å². The average Bonchev–Trinajstić information content (AvgIpc) is 2.80. The topological polar surface area (TPSA) is 35.6 Å². The number of nitrogens with one attached hydrogen (secondary N) is 1. The molecule has 1 heterocycles. The first-order valence-corrected chi connectivity index (χ1v) is 10.4. The van der Waals surface area contributed by atoms with Crippen molar-refractivity contribution in [1.29, 1.82) is 0 Å². The molecule has 31 heavy (non-hydrogen) atoms. The number of hydrogen-bond donors (Lipinski definition) is 1. The molecule has 4 nitrogen and oxygen atoms in total. The lowest BCUT2D eigenvalue weighted by molar-refractivity contribution is 0.0950. The Bertz CT molecular complexity index is 1030. The van der Waals surface area contributed by atoms with Crippen LogP contribution in [0.4, 0.5) is 14.5 Å². The normalized spacial score (nSPS) is 14.5. The van der Waals surface area contributed by atoms with E-state index in [1.54, 1.807) is 36.4 Å². The van der Waals surface area contributed by atoms with E-state index >= 15 is 0 Å². The van der Waals surface area contributed by atoms with Crippen molar-refractivity contribution in [2.75, 3.05) is 31.1 Å². The van der Waals surface area contributed by atoms with Crippen molar-refractivity contribution in [3.63, 3.8) is 0 Å². The molecular formula is C25H25F2N3O. The van der Waals surface area contributed by atoms with Crippen LogP contribution in [0.25, 0.3) is 0 Å². The molecule has 1 N–H and O–H groups in total. The smallest absolute Gasteiger partial charge is 0.251 e. The molecule has 1 fully saturated rings. The maximum absolute atomic E-state index is 14.0. The number of amides is 1. The molecule has 0 atom stereocenters. The van der Waals surface area contributed by atoms with E-state index in [0.717, 1.165) is 38.3 Å². The van der Waals surface area contributed by atoms with Gasteiger partial charge in [-0.15, -0.1) is 0 Å². The number of piperazine rings is 1. The molecule has 1 amide bonds. The highest BCUT2D eigenvalue weighted by Gasteiger charge is 2.19. The van der Waals surface area contributed by atoms with Gasteiger partial charge in [-0.3, -0.25) is 9.69 Å². The molecule has 160 valence electrons. The molecule has 0 saturated carbocycles. The van der Waals surface area contributed by atoms with Crippen LogP contribution in [-0.4, -0.2) is 37.0 Å². The first-order valence-electron chi connectivity index (χ1n) is 10.4. The maximum Gasteiger partial charge on any atom is 0.251 e. The van der Waals surface area contributed by atoms with Crippen LogP contribution in [0.3, 0.4) is 0 Å². The SMILES string of the molecule is O=C(NCc1ccccc1F)c1ccc(CN2CCN(c3ccccc3F)CC2)cc1. The number of benzene rings is 3. The Morgan fingerprint density at radius 2 is 1.45 bits per heavy atom. The van der Waals surface area contributed by atoms with E-state index in [9.17, 15) is 13.6 Å². The zero-order chi connectivity index (χ0) is 21.6. The zero-order valence-corrected chi connectivity index (χ0v) is 17.2. The molecule has 4 rings (SSSR count). The standard InChI is InChI=1S/C25H25F2N3O/c26-22-6-2-1-5-21(22)17-28-25(31)20-11-9-19(10-12-20)18-29-13-15-30(16-14-29)24-8-4-3-7-23(24)27/h1-12H,13-18H2,(H,28,31). The van der Waals surface area contributed by atoms with Gasteiger partial charge in [-0.1, -0.05) is 42.5 Å². The highest BCUT2D eigenvalue weighted by Crippen LogP contribution is 2.21. The van der Waals surface area contributed by atoms with Crippen molar-refractivity contribution >= 4 is 11.6 Å². The van der Waals surface area contributed by atoms with E-state index in [4.69, 9.17) is 0 Å². The minimum atomic E-state index is -0.326. The number of hydrogen-bond acceptors (Lipinski definition) is 3. The molecule has 0 spiro atoms. The fraction of sp³-hybridized carbons (Fsp3) is 0.240. The first kappa shape index (κ1) is 21.0. The van der Waals surface area contributed by atoms with Gasteiger partial charge in [0.15, 0.2) is 0 Å². The van der Waals surface area contributed by atoms with Gasteiger partial charge >= 0.3 is 0 Å². The summed E-state index contributed by atoms with van der Waals surface area (Å²) in [6, 6.07) is 20.8. The highest BCUT2D eigenvalue weighted by atomic mass is 19.1. The molecular weight excluding hydrogens is 396 g/mol. The molecule has 1 aliphatic heterocycles. The predicted molar refractivity (Wildman–Crippen MR) is 118 cm³/mol. The molecule has 3 aromatic carbocycles. The number of nitrogens with zero attached hydrogens (tertiary/aromatic N) is 2. The fourth-order valence-corrected chi connectivity index (χ4v) is 3.79. The third-order valence-corrected chi connectivity index (χ3v) is 5.58. The highest BCUT2D eigenvalue weighted by molar-refractivity contribution is 5.94. The molecule has 1 aliphatic rings. The molecule has 3 aromatic rings. The summed E-state index contributed by atoms with van der Waals surface area (Å²) in [6.45, 7) is 4.18. The summed E-state index contributed by atoms with van der Waals surface area (Å²) in [6.07, 6.45) is 0. The van der Waals surface area contributed by atoms with Gasteiger partial charge in [0.25, 0.3) is 5.91 Å². The van der Waals surface area contributed by atoms with E-state index in [0.29, 0.717) is 16.8 Å². The Hall–Kier alpha value is -3.25. The first-order chi connectivity index (χ1) is 15.1. The monoisotopic (exact) mass is 421 g/mol. The van der Waals surface area contributed by atoms with Crippen LogP contribution in [0.2, 0.25) is 0 Å². The number of carbonyl (C=O) groups excluding carboxylic acids is 1. The Morgan fingerprint density at radius 3 is 2.13 bits per heavy atom. The summed E-state index contributed by atoms with van der Waals surface area (Å²) in [4.78, 5) is 16.8. The van der Waals surface area contributed by atoms with Gasteiger partial charge in [-0.25, -0.2) is 8.78 Å². The zero-order valence-electron chi connectivity index (χ0n) is 17.2. The largest absolute Gasteiger partial charge is 0.367 e. The second-order valence-electron chi connectivity index (χ2n) is 7.69. The van der Waals surface area contributed by atoms with E-state index in [1.807, 2.05) is 24.3 Å². The van der Waals surface area contributed by atoms with Crippen LogP contribution in [0.5, 0.6) is 0 Å². The Labute approximate surface area is 181 Å². The minimum Gasteiger partial charge on any atom is -0.367 e.